The molecule has 130 valence electrons. The van der Waals surface area contributed by atoms with E-state index in [9.17, 15) is 4.79 Å². The number of aryl methyl sites for hydroxylation is 1. The van der Waals surface area contributed by atoms with Crippen LogP contribution in [0.3, 0.4) is 0 Å². The predicted octanol–water partition coefficient (Wildman–Crippen LogP) is 4.99. The number of hydrogen-bond acceptors (Lipinski definition) is 2. The molecule has 3 heterocycles. The van der Waals surface area contributed by atoms with Gasteiger partial charge in [0.1, 0.15) is 5.69 Å². The third-order valence-electron chi connectivity index (χ3n) is 5.19. The van der Waals surface area contributed by atoms with Gasteiger partial charge in [-0.1, -0.05) is 41.9 Å². The fourth-order valence-electron chi connectivity index (χ4n) is 3.74. The van der Waals surface area contributed by atoms with E-state index in [0.717, 1.165) is 52.6 Å². The molecule has 1 saturated heterocycles. The molecule has 1 aromatic carbocycles. The van der Waals surface area contributed by atoms with Crippen molar-refractivity contribution in [3.8, 4) is 0 Å². The van der Waals surface area contributed by atoms with Crippen LogP contribution in [0.25, 0.3) is 10.2 Å². The summed E-state index contributed by atoms with van der Waals surface area (Å²) in [5.74, 6) is 0.808. The molecule has 1 amide bonds. The Bertz CT molecular complexity index is 891. The average molecular weight is 373 g/mol. The molecule has 0 bridgehead atoms. The molecule has 0 radical (unpaired) electrons. The SMILES string of the molecule is Cn1c(C(=O)N2CCC(Cc3ccccc3)CC2)cc2sc(Cl)cc21. The lowest BCUT2D eigenvalue weighted by Crippen LogP contribution is -2.39. The third kappa shape index (κ3) is 3.33. The second-order valence-corrected chi connectivity index (χ2v) is 8.53. The Hall–Kier alpha value is -1.78. The van der Waals surface area contributed by atoms with Crippen molar-refractivity contribution >= 4 is 39.1 Å². The average Bonchev–Trinajstić information content (AvgIpc) is 3.13. The number of amides is 1. The Kier molecular flexibility index (Phi) is 4.57. The lowest BCUT2D eigenvalue weighted by molar-refractivity contribution is 0.0681. The van der Waals surface area contributed by atoms with Crippen LogP contribution in [0.4, 0.5) is 0 Å². The molecule has 3 aromatic rings. The molecule has 0 N–H and O–H groups in total. The van der Waals surface area contributed by atoms with E-state index in [4.69, 9.17) is 11.6 Å². The van der Waals surface area contributed by atoms with Crippen LogP contribution < -0.4 is 0 Å². The summed E-state index contributed by atoms with van der Waals surface area (Å²) in [6, 6.07) is 14.6. The van der Waals surface area contributed by atoms with Gasteiger partial charge in [-0.15, -0.1) is 11.3 Å². The van der Waals surface area contributed by atoms with E-state index in [1.807, 2.05) is 28.6 Å². The van der Waals surface area contributed by atoms with Crippen molar-refractivity contribution in [1.29, 1.82) is 0 Å². The second kappa shape index (κ2) is 6.85. The number of hydrogen-bond donors (Lipinski definition) is 0. The third-order valence-corrected chi connectivity index (χ3v) is 6.39. The van der Waals surface area contributed by atoms with E-state index >= 15 is 0 Å². The first-order valence-electron chi connectivity index (χ1n) is 8.70. The fraction of sp³-hybridized carbons (Fsp3) is 0.350. The number of nitrogens with zero attached hydrogens (tertiary/aromatic N) is 2. The van der Waals surface area contributed by atoms with Crippen molar-refractivity contribution in [2.24, 2.45) is 13.0 Å². The first kappa shape index (κ1) is 16.7. The van der Waals surface area contributed by atoms with Gasteiger partial charge in [-0.25, -0.2) is 0 Å². The highest BCUT2D eigenvalue weighted by molar-refractivity contribution is 7.22. The number of benzene rings is 1. The summed E-state index contributed by atoms with van der Waals surface area (Å²) in [4.78, 5) is 14.9. The highest BCUT2D eigenvalue weighted by Crippen LogP contribution is 2.32. The van der Waals surface area contributed by atoms with Gasteiger partial charge in [0, 0.05) is 20.1 Å². The molecule has 1 fully saturated rings. The zero-order valence-corrected chi connectivity index (χ0v) is 15.8. The normalized spacial score (nSPS) is 15.8. The van der Waals surface area contributed by atoms with Crippen LogP contribution in [0.5, 0.6) is 0 Å². The molecule has 25 heavy (non-hydrogen) atoms. The van der Waals surface area contributed by atoms with Gasteiger partial charge in [0.2, 0.25) is 0 Å². The van der Waals surface area contributed by atoms with Crippen LogP contribution in [0.15, 0.2) is 42.5 Å². The number of likely N-dealkylation sites (tertiary alicyclic amines) is 1. The van der Waals surface area contributed by atoms with Crippen LogP contribution in [-0.2, 0) is 13.5 Å². The number of piperidine rings is 1. The molecule has 1 aliphatic heterocycles. The van der Waals surface area contributed by atoms with E-state index in [0.29, 0.717) is 5.92 Å². The number of aromatic nitrogens is 1. The molecule has 0 spiro atoms. The Labute approximate surface area is 156 Å². The number of thiophene rings is 1. The molecule has 1 aliphatic rings. The molecule has 5 heteroatoms. The molecule has 0 unspecified atom stereocenters. The van der Waals surface area contributed by atoms with E-state index in [1.54, 1.807) is 0 Å². The van der Waals surface area contributed by atoms with Crippen LogP contribution >= 0.6 is 22.9 Å². The van der Waals surface area contributed by atoms with Crippen LogP contribution in [0.1, 0.15) is 28.9 Å². The first-order valence-corrected chi connectivity index (χ1v) is 9.89. The van der Waals surface area contributed by atoms with Crippen molar-refractivity contribution in [3.63, 3.8) is 0 Å². The Morgan fingerprint density at radius 1 is 1.20 bits per heavy atom. The van der Waals surface area contributed by atoms with Gasteiger partial charge in [-0.2, -0.15) is 0 Å². The van der Waals surface area contributed by atoms with Crippen molar-refractivity contribution in [1.82, 2.24) is 9.47 Å². The van der Waals surface area contributed by atoms with E-state index in [-0.39, 0.29) is 5.91 Å². The van der Waals surface area contributed by atoms with Gasteiger partial charge in [-0.05, 0) is 42.9 Å². The lowest BCUT2D eigenvalue weighted by atomic mass is 9.90. The van der Waals surface area contributed by atoms with Crippen LogP contribution in [-0.4, -0.2) is 28.5 Å². The molecular weight excluding hydrogens is 352 g/mol. The van der Waals surface area contributed by atoms with Crippen molar-refractivity contribution < 1.29 is 4.79 Å². The molecule has 0 saturated carbocycles. The van der Waals surface area contributed by atoms with Gasteiger partial charge >= 0.3 is 0 Å². The second-order valence-electron chi connectivity index (χ2n) is 6.81. The molecular formula is C20H21ClN2OS. The summed E-state index contributed by atoms with van der Waals surface area (Å²) in [5, 5.41) is 0. The van der Waals surface area contributed by atoms with Gasteiger partial charge in [0.15, 0.2) is 0 Å². The number of carbonyl (C=O) groups is 1. The molecule has 0 atom stereocenters. The maximum Gasteiger partial charge on any atom is 0.270 e. The number of carbonyl (C=O) groups excluding carboxylic acids is 1. The number of halogens is 1. The van der Waals surface area contributed by atoms with Crippen LogP contribution in [0.2, 0.25) is 4.34 Å². The quantitative estimate of drug-likeness (QED) is 0.636. The first-order chi connectivity index (χ1) is 12.1. The summed E-state index contributed by atoms with van der Waals surface area (Å²) < 4.78 is 3.81. The van der Waals surface area contributed by atoms with E-state index in [1.165, 1.54) is 16.9 Å². The maximum atomic E-state index is 12.9. The van der Waals surface area contributed by atoms with Gasteiger partial charge < -0.3 is 9.47 Å². The minimum Gasteiger partial charge on any atom is -0.339 e. The Morgan fingerprint density at radius 2 is 1.92 bits per heavy atom. The summed E-state index contributed by atoms with van der Waals surface area (Å²) >= 11 is 7.60. The van der Waals surface area contributed by atoms with Crippen molar-refractivity contribution in [3.05, 3.63) is 58.1 Å². The maximum absolute atomic E-state index is 12.9. The minimum atomic E-state index is 0.139. The zero-order valence-electron chi connectivity index (χ0n) is 14.2. The van der Waals surface area contributed by atoms with Crippen molar-refractivity contribution in [2.75, 3.05) is 13.1 Å². The van der Waals surface area contributed by atoms with E-state index < -0.39 is 0 Å². The summed E-state index contributed by atoms with van der Waals surface area (Å²) in [6.45, 7) is 1.69. The predicted molar refractivity (Wildman–Crippen MR) is 105 cm³/mol. The highest BCUT2D eigenvalue weighted by atomic mass is 35.5. The molecule has 2 aromatic heterocycles. The molecule has 4 rings (SSSR count). The highest BCUT2D eigenvalue weighted by Gasteiger charge is 2.26. The Balaban J connectivity index is 1.42. The number of rotatable bonds is 3. The van der Waals surface area contributed by atoms with Gasteiger partial charge in [0.05, 0.1) is 14.6 Å². The number of fused-ring (bicyclic) bond motifs is 1. The fourth-order valence-corrected chi connectivity index (χ4v) is 4.94. The zero-order chi connectivity index (χ0) is 17.4. The minimum absolute atomic E-state index is 0.139. The van der Waals surface area contributed by atoms with Gasteiger partial charge in [-0.3, -0.25) is 4.79 Å². The van der Waals surface area contributed by atoms with E-state index in [2.05, 4.69) is 30.3 Å². The Morgan fingerprint density at radius 3 is 2.60 bits per heavy atom. The standard InChI is InChI=1S/C20H21ClN2OS/c1-22-16-13-19(21)25-18(16)12-17(22)20(24)23-9-7-15(8-10-23)11-14-5-3-2-4-6-14/h2-6,12-13,15H,7-11H2,1H3. The van der Waals surface area contributed by atoms with Crippen molar-refractivity contribution in [2.45, 2.75) is 19.3 Å². The molecule has 3 nitrogen and oxygen atoms in total. The lowest BCUT2D eigenvalue weighted by Gasteiger charge is -2.32. The monoisotopic (exact) mass is 372 g/mol. The van der Waals surface area contributed by atoms with Gasteiger partial charge in [0.25, 0.3) is 5.91 Å². The van der Waals surface area contributed by atoms with Crippen LogP contribution in [0, 0.1) is 5.92 Å². The smallest absolute Gasteiger partial charge is 0.270 e. The topological polar surface area (TPSA) is 25.2 Å². The summed E-state index contributed by atoms with van der Waals surface area (Å²) in [6.07, 6.45) is 3.26. The summed E-state index contributed by atoms with van der Waals surface area (Å²) in [7, 11) is 1.95. The largest absolute Gasteiger partial charge is 0.339 e. The summed E-state index contributed by atoms with van der Waals surface area (Å²) in [5.41, 5.74) is 3.20. The molecule has 0 aliphatic carbocycles.